The number of nitrogens with one attached hydrogen (secondary N) is 3. The summed E-state index contributed by atoms with van der Waals surface area (Å²) in [6.07, 6.45) is 0. The van der Waals surface area contributed by atoms with E-state index >= 15 is 0 Å². The molecule has 0 aliphatic carbocycles. The Kier molecular flexibility index (Phi) is 5.84. The maximum Gasteiger partial charge on any atom is 0.271 e. The Morgan fingerprint density at radius 2 is 1.85 bits per heavy atom. The minimum atomic E-state index is -0.585. The molecule has 0 aromatic heterocycles. The molecule has 0 radical (unpaired) electrons. The second kappa shape index (κ2) is 8.06. The molecule has 0 atom stereocenters. The molecule has 136 valence electrons. The summed E-state index contributed by atoms with van der Waals surface area (Å²) in [5.41, 5.74) is 1.24. The molecule has 0 bridgehead atoms. The Bertz CT molecular complexity index is 870. The molecule has 26 heavy (non-hydrogen) atoms. The van der Waals surface area contributed by atoms with E-state index in [1.54, 1.807) is 6.92 Å². The average molecular weight is 360 g/mol. The molecule has 3 N–H and O–H groups in total. The molecular weight excluding hydrogens is 343 g/mol. The lowest BCUT2D eigenvalue weighted by molar-refractivity contribution is -0.384. The van der Waals surface area contributed by atoms with Crippen molar-refractivity contribution in [2.45, 2.75) is 13.8 Å². The first-order valence-corrected chi connectivity index (χ1v) is 7.62. The summed E-state index contributed by atoms with van der Waals surface area (Å²) in [5.74, 6) is -1.39. The molecule has 0 saturated carbocycles. The summed E-state index contributed by atoms with van der Waals surface area (Å²) in [6, 6.07) is 8.04. The van der Waals surface area contributed by atoms with Crippen molar-refractivity contribution in [3.63, 3.8) is 0 Å². The molecular formula is C17H17FN4O4. The van der Waals surface area contributed by atoms with Crippen LogP contribution in [0.15, 0.2) is 36.4 Å². The van der Waals surface area contributed by atoms with Gasteiger partial charge in [0.2, 0.25) is 11.8 Å². The predicted molar refractivity (Wildman–Crippen MR) is 95.7 cm³/mol. The highest BCUT2D eigenvalue weighted by Crippen LogP contribution is 2.22. The molecule has 9 heteroatoms. The molecule has 8 nitrogen and oxygen atoms in total. The number of nitrogens with zero attached hydrogens (tertiary/aromatic N) is 1. The molecule has 2 rings (SSSR count). The molecule has 0 spiro atoms. The molecule has 0 unspecified atom stereocenters. The largest absolute Gasteiger partial charge is 0.374 e. The van der Waals surface area contributed by atoms with Crippen LogP contribution in [0.1, 0.15) is 12.5 Å². The number of hydrogen-bond donors (Lipinski definition) is 3. The van der Waals surface area contributed by atoms with Gasteiger partial charge < -0.3 is 16.0 Å². The van der Waals surface area contributed by atoms with Gasteiger partial charge in [0.1, 0.15) is 5.82 Å². The van der Waals surface area contributed by atoms with E-state index in [-0.39, 0.29) is 23.8 Å². The zero-order chi connectivity index (χ0) is 19.3. The summed E-state index contributed by atoms with van der Waals surface area (Å²) in [6.45, 7) is 2.76. The van der Waals surface area contributed by atoms with Crippen LogP contribution >= 0.6 is 0 Å². The van der Waals surface area contributed by atoms with Crippen LogP contribution in [-0.2, 0) is 9.59 Å². The molecule has 0 aliphatic rings. The molecule has 0 aliphatic heterocycles. The lowest BCUT2D eigenvalue weighted by atomic mass is 10.2. The van der Waals surface area contributed by atoms with Crippen LogP contribution < -0.4 is 16.0 Å². The molecule has 2 aromatic carbocycles. The van der Waals surface area contributed by atoms with Gasteiger partial charge in [0.05, 0.1) is 22.8 Å². The molecule has 2 amide bonds. The van der Waals surface area contributed by atoms with Crippen LogP contribution in [0.2, 0.25) is 0 Å². The number of hydrogen-bond acceptors (Lipinski definition) is 5. The Morgan fingerprint density at radius 3 is 2.50 bits per heavy atom. The van der Waals surface area contributed by atoms with Crippen LogP contribution in [-0.4, -0.2) is 23.3 Å². The molecule has 0 fully saturated rings. The van der Waals surface area contributed by atoms with Crippen molar-refractivity contribution >= 4 is 34.6 Å². The fourth-order valence-corrected chi connectivity index (χ4v) is 2.17. The Balaban J connectivity index is 2.04. The Labute approximate surface area is 148 Å². The number of carbonyl (C=O) groups excluding carboxylic acids is 2. The summed E-state index contributed by atoms with van der Waals surface area (Å²) >= 11 is 0. The summed E-state index contributed by atoms with van der Waals surface area (Å²) in [5, 5.41) is 18.5. The minimum Gasteiger partial charge on any atom is -0.374 e. The van der Waals surface area contributed by atoms with Gasteiger partial charge in [-0.25, -0.2) is 4.39 Å². The van der Waals surface area contributed by atoms with Crippen molar-refractivity contribution in [2.75, 3.05) is 22.5 Å². The summed E-state index contributed by atoms with van der Waals surface area (Å²) in [4.78, 5) is 33.4. The standard InChI is InChI=1S/C17H17FN4O4/c1-10-3-5-13(22(25)26)8-15(10)21-17(24)9-19-16-7-12(20-11(2)23)4-6-14(16)18/h3-8,19H,9H2,1-2H3,(H,20,23)(H,21,24). The second-order valence-electron chi connectivity index (χ2n) is 5.53. The van der Waals surface area contributed by atoms with Gasteiger partial charge in [-0.05, 0) is 30.7 Å². The van der Waals surface area contributed by atoms with E-state index in [0.29, 0.717) is 16.9 Å². The van der Waals surface area contributed by atoms with Crippen molar-refractivity contribution in [3.8, 4) is 0 Å². The topological polar surface area (TPSA) is 113 Å². The number of halogens is 1. The lowest BCUT2D eigenvalue weighted by Gasteiger charge is -2.11. The summed E-state index contributed by atoms with van der Waals surface area (Å²) < 4.78 is 13.8. The monoisotopic (exact) mass is 360 g/mol. The fraction of sp³-hybridized carbons (Fsp3) is 0.176. The van der Waals surface area contributed by atoms with Crippen molar-refractivity contribution in [2.24, 2.45) is 0 Å². The van der Waals surface area contributed by atoms with Gasteiger partial charge in [0.25, 0.3) is 5.69 Å². The van der Waals surface area contributed by atoms with Gasteiger partial charge in [-0.15, -0.1) is 0 Å². The van der Waals surface area contributed by atoms with Gasteiger partial charge in [-0.3, -0.25) is 19.7 Å². The maximum absolute atomic E-state index is 13.8. The highest BCUT2D eigenvalue weighted by Gasteiger charge is 2.12. The first-order chi connectivity index (χ1) is 12.3. The summed E-state index contributed by atoms with van der Waals surface area (Å²) in [7, 11) is 0. The number of nitro groups is 1. The highest BCUT2D eigenvalue weighted by atomic mass is 19.1. The first-order valence-electron chi connectivity index (χ1n) is 7.62. The van der Waals surface area contributed by atoms with E-state index in [1.165, 1.54) is 37.3 Å². The number of carbonyl (C=O) groups is 2. The number of benzene rings is 2. The van der Waals surface area contributed by atoms with Gasteiger partial charge >= 0.3 is 0 Å². The van der Waals surface area contributed by atoms with Crippen LogP contribution in [0.5, 0.6) is 0 Å². The molecule has 0 saturated heterocycles. The zero-order valence-corrected chi connectivity index (χ0v) is 14.1. The third-order valence-electron chi connectivity index (χ3n) is 3.43. The van der Waals surface area contributed by atoms with Crippen molar-refractivity contribution in [1.82, 2.24) is 0 Å². The van der Waals surface area contributed by atoms with Crippen LogP contribution in [0, 0.1) is 22.9 Å². The van der Waals surface area contributed by atoms with Crippen molar-refractivity contribution in [3.05, 3.63) is 57.9 Å². The lowest BCUT2D eigenvalue weighted by Crippen LogP contribution is -2.22. The number of nitro benzene ring substituents is 1. The number of amides is 2. The van der Waals surface area contributed by atoms with Gasteiger partial charge in [0.15, 0.2) is 0 Å². The van der Waals surface area contributed by atoms with E-state index in [2.05, 4.69) is 16.0 Å². The zero-order valence-electron chi connectivity index (χ0n) is 14.1. The van der Waals surface area contributed by atoms with Crippen LogP contribution in [0.4, 0.5) is 27.1 Å². The van der Waals surface area contributed by atoms with E-state index in [4.69, 9.17) is 0 Å². The van der Waals surface area contributed by atoms with Crippen molar-refractivity contribution < 1.29 is 18.9 Å². The Hall–Kier alpha value is -3.49. The van der Waals surface area contributed by atoms with Gasteiger partial charge in [-0.1, -0.05) is 6.07 Å². The Morgan fingerprint density at radius 1 is 1.12 bits per heavy atom. The maximum atomic E-state index is 13.8. The van der Waals surface area contributed by atoms with E-state index in [9.17, 15) is 24.1 Å². The number of non-ortho nitro benzene ring substituents is 1. The van der Waals surface area contributed by atoms with Gasteiger partial charge in [-0.2, -0.15) is 0 Å². The van der Waals surface area contributed by atoms with Gasteiger partial charge in [0, 0.05) is 24.7 Å². The fourth-order valence-electron chi connectivity index (χ4n) is 2.17. The van der Waals surface area contributed by atoms with Crippen molar-refractivity contribution in [1.29, 1.82) is 0 Å². The predicted octanol–water partition coefficient (Wildman–Crippen LogP) is 3.05. The quantitative estimate of drug-likeness (QED) is 0.541. The smallest absolute Gasteiger partial charge is 0.271 e. The van der Waals surface area contributed by atoms with Crippen LogP contribution in [0.25, 0.3) is 0 Å². The van der Waals surface area contributed by atoms with E-state index < -0.39 is 16.6 Å². The third kappa shape index (κ3) is 5.00. The normalized spacial score (nSPS) is 10.1. The number of rotatable bonds is 6. The number of aryl methyl sites for hydroxylation is 1. The third-order valence-corrected chi connectivity index (χ3v) is 3.43. The molecule has 0 heterocycles. The second-order valence-corrected chi connectivity index (χ2v) is 5.53. The first kappa shape index (κ1) is 18.8. The van der Waals surface area contributed by atoms with E-state index in [1.807, 2.05) is 0 Å². The van der Waals surface area contributed by atoms with E-state index in [0.717, 1.165) is 6.07 Å². The SMILES string of the molecule is CC(=O)Nc1ccc(F)c(NCC(=O)Nc2cc([N+](=O)[O-])ccc2C)c1. The van der Waals surface area contributed by atoms with Crippen LogP contribution in [0.3, 0.4) is 0 Å². The number of anilines is 3. The molecule has 2 aromatic rings. The minimum absolute atomic E-state index is 0.0437. The highest BCUT2D eigenvalue weighted by molar-refractivity contribution is 5.95. The average Bonchev–Trinajstić information content (AvgIpc) is 2.56.